The minimum absolute atomic E-state index is 0. The molecule has 4 heterocycles. The zero-order chi connectivity index (χ0) is 43.4. The summed E-state index contributed by atoms with van der Waals surface area (Å²) in [5.41, 5.74) is 14.5. The van der Waals surface area contributed by atoms with Crippen molar-refractivity contribution in [3.63, 3.8) is 0 Å². The number of benzene rings is 7. The van der Waals surface area contributed by atoms with Gasteiger partial charge in [-0.15, -0.1) is 54.1 Å². The fraction of sp³-hybridized carbons (Fsp3) is 0.158. The maximum atomic E-state index is 6.76. The molecule has 0 aliphatic rings. The Morgan fingerprint density at radius 3 is 1.97 bits per heavy atom. The number of nitrogens with zero attached hydrogens (tertiary/aromatic N) is 3. The van der Waals surface area contributed by atoms with Gasteiger partial charge in [-0.05, 0) is 88.3 Å². The number of rotatable bonds is 7. The molecule has 1 radical (unpaired) electrons. The van der Waals surface area contributed by atoms with Crippen LogP contribution >= 0.6 is 0 Å². The molecule has 0 amide bonds. The van der Waals surface area contributed by atoms with Gasteiger partial charge >= 0.3 is 0 Å². The van der Waals surface area contributed by atoms with Crippen LogP contribution in [0.2, 0.25) is 19.6 Å². The standard InChI is InChI=1S/C43H33N2O2.C14H16NSi.Ir/c1-25(2)32-21-28(27-13-6-5-7-14-27)22-33(26(3)4)41(32)45-37-19-10-9-18-36(37)44-43(45)31-17-12-16-30-35-24-39-34(23-40(35)47-42(30)31)29-15-8-11-20-38(29)46-39;1-16(2,3)13-9-10-15-14(11-13)12-7-5-4-6-8-12;/h5-16,18-26H,1-4H3;4-7,9-11H,1-3H3;/q2*-1;. The third-order valence-electron chi connectivity index (χ3n) is 12.1. The molecule has 0 fully saturated rings. The predicted octanol–water partition coefficient (Wildman–Crippen LogP) is 15.3. The molecule has 0 saturated carbocycles. The van der Waals surface area contributed by atoms with Crippen LogP contribution in [-0.4, -0.2) is 22.6 Å². The first-order chi connectivity index (χ1) is 30.5. The van der Waals surface area contributed by atoms with E-state index in [1.165, 1.54) is 33.1 Å². The zero-order valence-electron chi connectivity index (χ0n) is 37.2. The van der Waals surface area contributed by atoms with Gasteiger partial charge in [0, 0.05) is 48.1 Å². The van der Waals surface area contributed by atoms with Crippen LogP contribution in [0.4, 0.5) is 0 Å². The summed E-state index contributed by atoms with van der Waals surface area (Å²) in [5.74, 6) is 1.37. The fourth-order valence-corrected chi connectivity index (χ4v) is 9.90. The minimum atomic E-state index is -1.25. The summed E-state index contributed by atoms with van der Waals surface area (Å²) in [6.45, 7) is 16.2. The molecule has 0 atom stereocenters. The average molecular weight is 1030 g/mol. The van der Waals surface area contributed by atoms with Gasteiger partial charge in [0.1, 0.15) is 16.7 Å². The Kier molecular flexibility index (Phi) is 11.6. The van der Waals surface area contributed by atoms with Crippen LogP contribution in [0, 0.1) is 12.1 Å². The minimum Gasteiger partial charge on any atom is -0.501 e. The van der Waals surface area contributed by atoms with E-state index in [0.717, 1.165) is 77.6 Å². The summed E-state index contributed by atoms with van der Waals surface area (Å²) in [5, 5.41) is 5.60. The molecule has 11 aromatic rings. The molecule has 64 heavy (non-hydrogen) atoms. The van der Waals surface area contributed by atoms with Crippen molar-refractivity contribution in [3.05, 3.63) is 181 Å². The van der Waals surface area contributed by atoms with Crippen molar-refractivity contribution in [1.29, 1.82) is 0 Å². The van der Waals surface area contributed by atoms with Crippen molar-refractivity contribution >= 4 is 68.2 Å². The van der Waals surface area contributed by atoms with Crippen LogP contribution in [0.3, 0.4) is 0 Å². The van der Waals surface area contributed by atoms with Crippen LogP contribution in [0.15, 0.2) is 167 Å². The van der Waals surface area contributed by atoms with Gasteiger partial charge in [-0.1, -0.05) is 130 Å². The van der Waals surface area contributed by atoms with E-state index in [1.54, 1.807) is 0 Å². The summed E-state index contributed by atoms with van der Waals surface area (Å²) in [4.78, 5) is 9.71. The molecule has 0 aliphatic heterocycles. The first-order valence-electron chi connectivity index (χ1n) is 21.9. The van der Waals surface area contributed by atoms with E-state index in [1.807, 2.05) is 48.7 Å². The van der Waals surface area contributed by atoms with Crippen molar-refractivity contribution in [2.45, 2.75) is 59.2 Å². The Bertz CT molecular complexity index is 3420. The second kappa shape index (κ2) is 17.3. The molecule has 5 nitrogen and oxygen atoms in total. The molecule has 11 rings (SSSR count). The van der Waals surface area contributed by atoms with Gasteiger partial charge in [-0.2, -0.15) is 0 Å². The van der Waals surface area contributed by atoms with E-state index in [9.17, 15) is 0 Å². The maximum absolute atomic E-state index is 6.76. The number of imidazole rings is 1. The molecule has 7 aromatic carbocycles. The topological polar surface area (TPSA) is 57.0 Å². The largest absolute Gasteiger partial charge is 0.501 e. The summed E-state index contributed by atoms with van der Waals surface area (Å²) in [6, 6.07) is 59.4. The second-order valence-corrected chi connectivity index (χ2v) is 23.1. The Morgan fingerprint density at radius 1 is 0.578 bits per heavy atom. The zero-order valence-corrected chi connectivity index (χ0v) is 40.6. The number of pyridine rings is 1. The third-order valence-corrected chi connectivity index (χ3v) is 14.1. The van der Waals surface area contributed by atoms with Crippen molar-refractivity contribution < 1.29 is 28.9 Å². The molecule has 0 bridgehead atoms. The van der Waals surface area contributed by atoms with Gasteiger partial charge in [0.2, 0.25) is 0 Å². The smallest absolute Gasteiger partial charge is 0.136 e. The van der Waals surface area contributed by atoms with Crippen LogP contribution in [-0.2, 0) is 20.1 Å². The predicted molar refractivity (Wildman–Crippen MR) is 265 cm³/mol. The summed E-state index contributed by atoms with van der Waals surface area (Å²) < 4.78 is 15.4. The Balaban J connectivity index is 0.000000258. The molecule has 0 aliphatic carbocycles. The van der Waals surface area contributed by atoms with Crippen molar-refractivity contribution in [1.82, 2.24) is 14.5 Å². The molecule has 0 N–H and O–H groups in total. The molecule has 0 unspecified atom stereocenters. The number of para-hydroxylation sites is 3. The van der Waals surface area contributed by atoms with E-state index in [4.69, 9.17) is 13.8 Å². The number of hydrogen-bond acceptors (Lipinski definition) is 4. The van der Waals surface area contributed by atoms with Gasteiger partial charge < -0.3 is 18.4 Å². The van der Waals surface area contributed by atoms with Crippen LogP contribution in [0.1, 0.15) is 50.7 Å². The van der Waals surface area contributed by atoms with E-state index in [0.29, 0.717) is 0 Å². The third kappa shape index (κ3) is 7.83. The first-order valence-corrected chi connectivity index (χ1v) is 25.4. The Labute approximate surface area is 389 Å². The summed E-state index contributed by atoms with van der Waals surface area (Å²) >= 11 is 0. The molecule has 0 saturated heterocycles. The molecule has 319 valence electrons. The van der Waals surface area contributed by atoms with E-state index in [2.05, 4.69) is 178 Å². The van der Waals surface area contributed by atoms with Gasteiger partial charge in [-0.25, -0.2) is 0 Å². The van der Waals surface area contributed by atoms with E-state index < -0.39 is 8.07 Å². The summed E-state index contributed by atoms with van der Waals surface area (Å²) in [6.07, 6.45) is 1.91. The molecule has 7 heteroatoms. The number of aromatic nitrogens is 3. The molecule has 0 spiro atoms. The van der Waals surface area contributed by atoms with Gasteiger partial charge in [0.05, 0.1) is 30.5 Å². The monoisotopic (exact) mass is 1030 g/mol. The molecular formula is C57H49IrN3O2Si-2. The van der Waals surface area contributed by atoms with Crippen molar-refractivity contribution in [3.8, 4) is 39.5 Å². The van der Waals surface area contributed by atoms with Gasteiger partial charge in [-0.3, -0.25) is 4.98 Å². The number of fused-ring (bicyclic) bond motifs is 7. The van der Waals surface area contributed by atoms with Crippen LogP contribution < -0.4 is 5.19 Å². The summed E-state index contributed by atoms with van der Waals surface area (Å²) in [7, 11) is -1.25. The van der Waals surface area contributed by atoms with Crippen molar-refractivity contribution in [2.24, 2.45) is 0 Å². The normalized spacial score (nSPS) is 11.8. The Morgan fingerprint density at radius 2 is 1.25 bits per heavy atom. The SMILES string of the molecule is CC(C)c1cc(-c2ccccc2)cc(C(C)C)c1-n1c(-c2[c-]ccc3c2oc2cc4c(cc23)oc2ccccc24)nc2ccccc21.C[Si](C)(C)c1ccnc(-c2[c-]cccc2)c1.[Ir]. The van der Waals surface area contributed by atoms with Crippen LogP contribution in [0.25, 0.3) is 94.4 Å². The number of furan rings is 2. The number of hydrogen-bond donors (Lipinski definition) is 0. The fourth-order valence-electron chi connectivity index (χ4n) is 8.76. The van der Waals surface area contributed by atoms with Gasteiger partial charge in [0.15, 0.2) is 0 Å². The van der Waals surface area contributed by atoms with E-state index in [-0.39, 0.29) is 31.9 Å². The Hall–Kier alpha value is -6.37. The van der Waals surface area contributed by atoms with Crippen molar-refractivity contribution in [2.75, 3.05) is 0 Å². The quantitative estimate of drug-likeness (QED) is 0.118. The maximum Gasteiger partial charge on any atom is 0.136 e. The van der Waals surface area contributed by atoms with E-state index >= 15 is 0 Å². The average Bonchev–Trinajstić information content (AvgIpc) is 3.99. The molecule has 4 aromatic heterocycles. The van der Waals surface area contributed by atoms with Gasteiger partial charge in [0.25, 0.3) is 0 Å². The molecular weight excluding hydrogens is 979 g/mol. The van der Waals surface area contributed by atoms with Crippen LogP contribution in [0.5, 0.6) is 0 Å². The second-order valence-electron chi connectivity index (χ2n) is 18.0. The first kappa shape index (κ1) is 42.9.